The third-order valence-corrected chi connectivity index (χ3v) is 18.6. The van der Waals surface area contributed by atoms with Crippen molar-refractivity contribution in [2.24, 2.45) is 0 Å². The zero-order valence-electron chi connectivity index (χ0n) is 32.3. The van der Waals surface area contributed by atoms with Crippen LogP contribution >= 0.6 is 11.3 Å². The molecule has 2 nitrogen and oxygen atoms in total. The first-order valence-electron chi connectivity index (χ1n) is 20.4. The topological polar surface area (TPSA) is 9.86 Å². The maximum Gasteiger partial charge on any atom is 0.176 e. The van der Waals surface area contributed by atoms with Crippen LogP contribution in [0.5, 0.6) is 0 Å². The van der Waals surface area contributed by atoms with Crippen LogP contribution in [0, 0.1) is 0 Å². The Bertz CT molecular complexity index is 3510. The molecule has 278 valence electrons. The number of rotatable bonds is 6. The van der Waals surface area contributed by atoms with E-state index in [-0.39, 0.29) is 0 Å². The van der Waals surface area contributed by atoms with Crippen LogP contribution in [0.1, 0.15) is 6.42 Å². The number of benzene rings is 8. The minimum atomic E-state index is -2.96. The van der Waals surface area contributed by atoms with Gasteiger partial charge in [-0.1, -0.05) is 163 Å². The van der Waals surface area contributed by atoms with Gasteiger partial charge in [-0.2, -0.15) is 0 Å². The van der Waals surface area contributed by atoms with Crippen LogP contribution in [0.25, 0.3) is 75.2 Å². The maximum atomic E-state index is 2.48. The SMILES string of the molecule is C1=CC=C([Si](c2ccccc2)(c2ccc(-n3c4ccccc4c4cc5sc6ccccc6c5cc43)cc2)c2cccc3c2c2ccccc2n3-c2ccccc2)CC=C1. The standard InChI is InChI=1S/C55H38N2SSi/c1-2-8-21-40(20-7-1)59(41-22-9-4-10-23-41,54-31-17-29-50-55(54)45-26-12-15-28-49(45)56(50)38-18-5-3-6-19-38)42-34-32-39(33-35-42)57-48-27-14-11-24-43(48)46-37-53-47(36-51(46)57)44-25-13-16-30-52(44)58-53/h1-20,22-37H,21H2. The van der Waals surface area contributed by atoms with Gasteiger partial charge in [-0.05, 0) is 82.6 Å². The Labute approximate surface area is 347 Å². The number of thiophene rings is 1. The van der Waals surface area contributed by atoms with Crippen molar-refractivity contribution >= 4 is 98.8 Å². The van der Waals surface area contributed by atoms with E-state index in [1.54, 1.807) is 0 Å². The van der Waals surface area contributed by atoms with Crippen LogP contribution in [0.4, 0.5) is 0 Å². The highest BCUT2D eigenvalue weighted by Gasteiger charge is 2.44. The maximum absolute atomic E-state index is 2.96. The molecular formula is C55H38N2SSi. The molecule has 1 aliphatic rings. The molecule has 0 saturated carbocycles. The Balaban J connectivity index is 1.15. The molecule has 1 aliphatic carbocycles. The van der Waals surface area contributed by atoms with E-state index < -0.39 is 8.07 Å². The van der Waals surface area contributed by atoms with E-state index in [0.29, 0.717) is 0 Å². The lowest BCUT2D eigenvalue weighted by molar-refractivity contribution is 1.18. The Hall–Kier alpha value is -6.98. The van der Waals surface area contributed by atoms with Crippen LogP contribution in [0.2, 0.25) is 0 Å². The second kappa shape index (κ2) is 13.6. The number of hydrogen-bond acceptors (Lipinski definition) is 1. The molecule has 11 aromatic rings. The second-order valence-corrected chi connectivity index (χ2v) is 20.5. The summed E-state index contributed by atoms with van der Waals surface area (Å²) >= 11 is 1.89. The molecule has 0 N–H and O–H groups in total. The van der Waals surface area contributed by atoms with Gasteiger partial charge >= 0.3 is 0 Å². The van der Waals surface area contributed by atoms with Crippen molar-refractivity contribution in [1.82, 2.24) is 9.13 Å². The van der Waals surface area contributed by atoms with Crippen LogP contribution in [-0.2, 0) is 0 Å². The number of aromatic nitrogens is 2. The first-order valence-corrected chi connectivity index (χ1v) is 23.2. The number of para-hydroxylation sites is 3. The van der Waals surface area contributed by atoms with Gasteiger partial charge in [-0.3, -0.25) is 0 Å². The van der Waals surface area contributed by atoms with E-state index in [9.17, 15) is 0 Å². The van der Waals surface area contributed by atoms with Crippen molar-refractivity contribution in [3.8, 4) is 11.4 Å². The molecule has 0 spiro atoms. The summed E-state index contributed by atoms with van der Waals surface area (Å²) in [5.41, 5.74) is 7.26. The third kappa shape index (κ3) is 5.10. The van der Waals surface area contributed by atoms with E-state index in [4.69, 9.17) is 0 Å². The molecule has 3 aromatic heterocycles. The number of allylic oxidation sites excluding steroid dienone is 6. The zero-order valence-corrected chi connectivity index (χ0v) is 34.1. The van der Waals surface area contributed by atoms with Crippen molar-refractivity contribution in [2.45, 2.75) is 6.42 Å². The normalized spacial score (nSPS) is 14.1. The molecule has 0 fully saturated rings. The van der Waals surface area contributed by atoms with Gasteiger partial charge in [0, 0.05) is 53.1 Å². The van der Waals surface area contributed by atoms with Gasteiger partial charge in [0.1, 0.15) is 0 Å². The van der Waals surface area contributed by atoms with E-state index in [2.05, 4.69) is 228 Å². The first-order chi connectivity index (χ1) is 29.3. The first kappa shape index (κ1) is 34.1. The Kier molecular flexibility index (Phi) is 7.84. The third-order valence-electron chi connectivity index (χ3n) is 12.5. The quantitative estimate of drug-likeness (QED) is 0.117. The lowest BCUT2D eigenvalue weighted by atomic mass is 10.1. The highest BCUT2D eigenvalue weighted by molar-refractivity contribution is 7.26. The number of hydrogen-bond donors (Lipinski definition) is 0. The van der Waals surface area contributed by atoms with Crippen molar-refractivity contribution in [2.75, 3.05) is 0 Å². The number of fused-ring (bicyclic) bond motifs is 9. The minimum absolute atomic E-state index is 0.876. The summed E-state index contributed by atoms with van der Waals surface area (Å²) in [6, 6.07) is 70.5. The van der Waals surface area contributed by atoms with Gasteiger partial charge in [0.2, 0.25) is 0 Å². The lowest BCUT2D eigenvalue weighted by Gasteiger charge is -2.37. The molecule has 1 unspecified atom stereocenters. The van der Waals surface area contributed by atoms with Crippen LogP contribution in [-0.4, -0.2) is 17.2 Å². The molecule has 59 heavy (non-hydrogen) atoms. The van der Waals surface area contributed by atoms with Crippen molar-refractivity contribution in [1.29, 1.82) is 0 Å². The van der Waals surface area contributed by atoms with Crippen molar-refractivity contribution < 1.29 is 0 Å². The summed E-state index contributed by atoms with van der Waals surface area (Å²) in [5, 5.41) is 13.5. The summed E-state index contributed by atoms with van der Waals surface area (Å²) in [6.07, 6.45) is 12.3. The predicted molar refractivity (Wildman–Crippen MR) is 257 cm³/mol. The van der Waals surface area contributed by atoms with Gasteiger partial charge in [0.15, 0.2) is 8.07 Å². The van der Waals surface area contributed by atoms with Gasteiger partial charge in [0.05, 0.1) is 22.1 Å². The summed E-state index contributed by atoms with van der Waals surface area (Å²) in [5.74, 6) is 0. The van der Waals surface area contributed by atoms with Gasteiger partial charge in [-0.25, -0.2) is 0 Å². The van der Waals surface area contributed by atoms with Gasteiger partial charge < -0.3 is 9.13 Å². The van der Waals surface area contributed by atoms with Crippen LogP contribution < -0.4 is 15.6 Å². The van der Waals surface area contributed by atoms with Gasteiger partial charge in [-0.15, -0.1) is 11.3 Å². The van der Waals surface area contributed by atoms with E-state index in [1.165, 1.54) is 95.9 Å². The molecule has 0 bridgehead atoms. The molecule has 1 atom stereocenters. The molecular weight excluding hydrogens is 749 g/mol. The molecule has 0 amide bonds. The van der Waals surface area contributed by atoms with Crippen molar-refractivity contribution in [3.05, 3.63) is 224 Å². The monoisotopic (exact) mass is 786 g/mol. The smallest absolute Gasteiger partial charge is 0.176 e. The van der Waals surface area contributed by atoms with E-state index in [1.807, 2.05) is 11.3 Å². The predicted octanol–water partition coefficient (Wildman–Crippen LogP) is 12.7. The Morgan fingerprint density at radius 2 is 1.03 bits per heavy atom. The average molecular weight is 787 g/mol. The number of nitrogens with zero attached hydrogens (tertiary/aromatic N) is 2. The van der Waals surface area contributed by atoms with Crippen LogP contribution in [0.3, 0.4) is 0 Å². The summed E-state index contributed by atoms with van der Waals surface area (Å²) in [6.45, 7) is 0. The summed E-state index contributed by atoms with van der Waals surface area (Å²) < 4.78 is 7.60. The zero-order chi connectivity index (χ0) is 38.9. The minimum Gasteiger partial charge on any atom is -0.309 e. The fourth-order valence-corrected chi connectivity index (χ4v) is 16.4. The second-order valence-electron chi connectivity index (χ2n) is 15.6. The molecule has 0 radical (unpaired) electrons. The lowest BCUT2D eigenvalue weighted by Crippen LogP contribution is -2.68. The fourth-order valence-electron chi connectivity index (χ4n) is 10.1. The Morgan fingerprint density at radius 1 is 0.407 bits per heavy atom. The molecule has 4 heteroatoms. The molecule has 8 aromatic carbocycles. The Morgan fingerprint density at radius 3 is 1.85 bits per heavy atom. The highest BCUT2D eigenvalue weighted by atomic mass is 32.1. The van der Waals surface area contributed by atoms with Gasteiger partial charge in [0.25, 0.3) is 0 Å². The molecule has 0 saturated heterocycles. The fraction of sp³-hybridized carbons (Fsp3) is 0.0182. The van der Waals surface area contributed by atoms with E-state index in [0.717, 1.165) is 6.42 Å². The average Bonchev–Trinajstić information content (AvgIpc) is 3.85. The van der Waals surface area contributed by atoms with E-state index >= 15 is 0 Å². The van der Waals surface area contributed by atoms with Crippen molar-refractivity contribution in [3.63, 3.8) is 0 Å². The largest absolute Gasteiger partial charge is 0.309 e. The molecule has 12 rings (SSSR count). The molecule has 0 aliphatic heterocycles. The highest BCUT2D eigenvalue weighted by Crippen LogP contribution is 2.41. The molecule has 3 heterocycles. The van der Waals surface area contributed by atoms with Crippen LogP contribution in [0.15, 0.2) is 224 Å². The summed E-state index contributed by atoms with van der Waals surface area (Å²) in [4.78, 5) is 0. The summed E-state index contributed by atoms with van der Waals surface area (Å²) in [7, 11) is -2.96.